The van der Waals surface area contributed by atoms with Crippen LogP contribution < -0.4 is 0 Å². The maximum absolute atomic E-state index is 6.55. The standard InChI is InChI=1S/C26H31ClN2/c1-25-13-11-18(27)15-17(25)7-8-19-20-9-10-24(26(20,2)14-12-21(19)25)29-16-28-22-5-3-4-6-23(22)29/h3-7,10,16,18-21H,8-9,11-15H2,1-2H3/t18-,19-,20-,21-,25-,26-/m0/s1. The third kappa shape index (κ3) is 2.45. The van der Waals surface area contributed by atoms with Gasteiger partial charge in [-0.25, -0.2) is 4.98 Å². The minimum atomic E-state index is 0.260. The number of hydrogen-bond donors (Lipinski definition) is 0. The van der Waals surface area contributed by atoms with Crippen LogP contribution in [0.15, 0.2) is 48.3 Å². The van der Waals surface area contributed by atoms with Crippen molar-refractivity contribution in [2.45, 2.75) is 64.2 Å². The molecular weight excluding hydrogens is 376 g/mol. The molecule has 152 valence electrons. The summed E-state index contributed by atoms with van der Waals surface area (Å²) in [5, 5.41) is 0.356. The summed E-state index contributed by atoms with van der Waals surface area (Å²) >= 11 is 6.55. The second kappa shape index (κ2) is 6.23. The molecule has 29 heavy (non-hydrogen) atoms. The molecule has 3 heteroatoms. The largest absolute Gasteiger partial charge is 0.302 e. The van der Waals surface area contributed by atoms with Crippen molar-refractivity contribution < 1.29 is 0 Å². The highest BCUT2D eigenvalue weighted by molar-refractivity contribution is 6.20. The van der Waals surface area contributed by atoms with Crippen molar-refractivity contribution >= 4 is 28.3 Å². The van der Waals surface area contributed by atoms with Gasteiger partial charge in [-0.15, -0.1) is 11.6 Å². The summed E-state index contributed by atoms with van der Waals surface area (Å²) in [6.07, 6.45) is 15.9. The molecule has 6 atom stereocenters. The van der Waals surface area contributed by atoms with E-state index >= 15 is 0 Å². The predicted octanol–water partition coefficient (Wildman–Crippen LogP) is 7.06. The van der Waals surface area contributed by atoms with E-state index in [1.165, 1.54) is 49.7 Å². The summed E-state index contributed by atoms with van der Waals surface area (Å²) in [4.78, 5) is 4.69. The predicted molar refractivity (Wildman–Crippen MR) is 121 cm³/mol. The first-order valence-electron chi connectivity index (χ1n) is 11.5. The average Bonchev–Trinajstić information content (AvgIpc) is 3.29. The molecule has 0 spiro atoms. The molecule has 1 aromatic heterocycles. The first-order chi connectivity index (χ1) is 14.0. The number of fused-ring (bicyclic) bond motifs is 6. The lowest BCUT2D eigenvalue weighted by Crippen LogP contribution is -2.49. The van der Waals surface area contributed by atoms with Crippen LogP contribution in [0.2, 0.25) is 0 Å². The fourth-order valence-corrected chi connectivity index (χ4v) is 7.96. The molecule has 0 N–H and O–H groups in total. The van der Waals surface area contributed by atoms with E-state index in [-0.39, 0.29) is 5.41 Å². The van der Waals surface area contributed by atoms with Gasteiger partial charge in [-0.1, -0.05) is 43.7 Å². The van der Waals surface area contributed by atoms with Crippen LogP contribution in [0, 0.1) is 28.6 Å². The van der Waals surface area contributed by atoms with Crippen LogP contribution in [-0.4, -0.2) is 14.9 Å². The lowest BCUT2D eigenvalue weighted by atomic mass is 9.48. The van der Waals surface area contributed by atoms with Gasteiger partial charge in [0.25, 0.3) is 0 Å². The van der Waals surface area contributed by atoms with E-state index in [0.29, 0.717) is 10.8 Å². The fraction of sp³-hybridized carbons (Fsp3) is 0.577. The molecule has 4 aliphatic rings. The van der Waals surface area contributed by atoms with Gasteiger partial charge in [0.15, 0.2) is 0 Å². The van der Waals surface area contributed by atoms with E-state index < -0.39 is 0 Å². The Hall–Kier alpha value is -1.54. The van der Waals surface area contributed by atoms with Crippen LogP contribution in [0.4, 0.5) is 0 Å². The molecule has 6 rings (SSSR count). The summed E-state index contributed by atoms with van der Waals surface area (Å²) in [7, 11) is 0. The Balaban J connectivity index is 1.36. The van der Waals surface area contributed by atoms with Gasteiger partial charge in [0.1, 0.15) is 6.33 Å². The van der Waals surface area contributed by atoms with Crippen molar-refractivity contribution in [2.24, 2.45) is 28.6 Å². The van der Waals surface area contributed by atoms with Crippen LogP contribution in [-0.2, 0) is 0 Å². The van der Waals surface area contributed by atoms with Gasteiger partial charge in [-0.3, -0.25) is 0 Å². The smallest absolute Gasteiger partial charge is 0.100 e. The van der Waals surface area contributed by atoms with Crippen LogP contribution in [0.1, 0.15) is 58.8 Å². The third-order valence-corrected chi connectivity index (χ3v) is 9.67. The Kier molecular flexibility index (Phi) is 3.92. The lowest BCUT2D eigenvalue weighted by Gasteiger charge is -2.57. The maximum Gasteiger partial charge on any atom is 0.100 e. The highest BCUT2D eigenvalue weighted by atomic mass is 35.5. The summed E-state index contributed by atoms with van der Waals surface area (Å²) in [5.74, 6) is 2.38. The second-order valence-electron chi connectivity index (χ2n) is 10.5. The molecule has 4 aliphatic carbocycles. The zero-order valence-electron chi connectivity index (χ0n) is 17.6. The molecule has 2 nitrogen and oxygen atoms in total. The van der Waals surface area contributed by atoms with Gasteiger partial charge in [-0.2, -0.15) is 0 Å². The number of hydrogen-bond acceptors (Lipinski definition) is 1. The normalized spacial score (nSPS) is 41.3. The number of para-hydroxylation sites is 2. The highest BCUT2D eigenvalue weighted by Gasteiger charge is 2.57. The maximum atomic E-state index is 6.55. The van der Waals surface area contributed by atoms with Crippen molar-refractivity contribution in [2.75, 3.05) is 0 Å². The third-order valence-electron chi connectivity index (χ3n) is 9.30. The van der Waals surface area contributed by atoms with E-state index in [4.69, 9.17) is 11.6 Å². The molecule has 1 aromatic carbocycles. The Bertz CT molecular complexity index is 1030. The van der Waals surface area contributed by atoms with E-state index in [9.17, 15) is 0 Å². The number of imidazole rings is 1. The van der Waals surface area contributed by atoms with E-state index in [1.54, 1.807) is 5.57 Å². The lowest BCUT2D eigenvalue weighted by molar-refractivity contribution is -0.0109. The summed E-state index contributed by atoms with van der Waals surface area (Å²) in [5.41, 5.74) is 6.18. The van der Waals surface area contributed by atoms with Crippen molar-refractivity contribution in [3.8, 4) is 0 Å². The summed E-state index contributed by atoms with van der Waals surface area (Å²) in [6, 6.07) is 8.56. The molecule has 0 bridgehead atoms. The van der Waals surface area contributed by atoms with E-state index in [2.05, 4.69) is 66.1 Å². The van der Waals surface area contributed by atoms with Crippen LogP contribution in [0.25, 0.3) is 16.7 Å². The van der Waals surface area contributed by atoms with Gasteiger partial charge in [-0.05, 0) is 80.2 Å². The fourth-order valence-electron chi connectivity index (χ4n) is 7.69. The van der Waals surface area contributed by atoms with Crippen molar-refractivity contribution in [3.05, 3.63) is 48.3 Å². The molecule has 0 aliphatic heterocycles. The molecule has 0 unspecified atom stereocenters. The quantitative estimate of drug-likeness (QED) is 0.366. The molecule has 2 fully saturated rings. The molecule has 0 amide bonds. The minimum absolute atomic E-state index is 0.260. The van der Waals surface area contributed by atoms with Gasteiger partial charge < -0.3 is 4.57 Å². The van der Waals surface area contributed by atoms with Gasteiger partial charge in [0, 0.05) is 16.5 Å². The molecule has 2 saturated carbocycles. The summed E-state index contributed by atoms with van der Waals surface area (Å²) < 4.78 is 2.39. The highest BCUT2D eigenvalue weighted by Crippen LogP contribution is 2.65. The topological polar surface area (TPSA) is 17.8 Å². The van der Waals surface area contributed by atoms with E-state index in [1.807, 2.05) is 0 Å². The monoisotopic (exact) mass is 406 g/mol. The van der Waals surface area contributed by atoms with Crippen LogP contribution >= 0.6 is 11.6 Å². The number of aromatic nitrogens is 2. The molecular formula is C26H31ClN2. The molecule has 0 radical (unpaired) electrons. The second-order valence-corrected chi connectivity index (χ2v) is 11.1. The Morgan fingerprint density at radius 2 is 1.83 bits per heavy atom. The number of nitrogens with zero attached hydrogens (tertiary/aromatic N) is 2. The van der Waals surface area contributed by atoms with Crippen molar-refractivity contribution in [1.29, 1.82) is 0 Å². The van der Waals surface area contributed by atoms with Crippen LogP contribution in [0.3, 0.4) is 0 Å². The SMILES string of the molecule is C[C@]12CC[C@H](Cl)CC1=CC[C@@H]1[C@@H]2CC[C@]2(C)C(n3cnc4ccccc43)=CC[C@@H]12. The van der Waals surface area contributed by atoms with Gasteiger partial charge in [0.05, 0.1) is 11.0 Å². The molecule has 0 saturated heterocycles. The van der Waals surface area contributed by atoms with E-state index in [0.717, 1.165) is 29.7 Å². The Morgan fingerprint density at radius 1 is 1.00 bits per heavy atom. The number of halogens is 1. The summed E-state index contributed by atoms with van der Waals surface area (Å²) in [6.45, 7) is 5.10. The van der Waals surface area contributed by atoms with Crippen molar-refractivity contribution in [3.63, 3.8) is 0 Å². The first kappa shape index (κ1) is 18.2. The number of allylic oxidation sites excluding steroid dienone is 4. The van der Waals surface area contributed by atoms with Gasteiger partial charge in [0.2, 0.25) is 0 Å². The Labute approximate surface area is 179 Å². The van der Waals surface area contributed by atoms with Crippen molar-refractivity contribution in [1.82, 2.24) is 9.55 Å². The molecule has 1 heterocycles. The Morgan fingerprint density at radius 3 is 2.72 bits per heavy atom. The zero-order chi connectivity index (χ0) is 19.8. The first-order valence-corrected chi connectivity index (χ1v) is 11.9. The minimum Gasteiger partial charge on any atom is -0.302 e. The zero-order valence-corrected chi connectivity index (χ0v) is 18.3. The number of benzene rings is 1. The van der Waals surface area contributed by atoms with Crippen LogP contribution in [0.5, 0.6) is 0 Å². The number of rotatable bonds is 1. The average molecular weight is 407 g/mol. The van der Waals surface area contributed by atoms with Gasteiger partial charge >= 0.3 is 0 Å². The number of alkyl halides is 1. The molecule has 2 aromatic rings.